The molecule has 27 heavy (non-hydrogen) atoms. The molecule has 0 aromatic heterocycles. The van der Waals surface area contributed by atoms with Crippen LogP contribution in [0.5, 0.6) is 0 Å². The molecule has 0 bridgehead atoms. The van der Waals surface area contributed by atoms with Gasteiger partial charge in [-0.1, -0.05) is 36.6 Å². The van der Waals surface area contributed by atoms with Crippen LogP contribution in [-0.4, -0.2) is 24.7 Å². The lowest BCUT2D eigenvalue weighted by molar-refractivity contribution is 0.242. The van der Waals surface area contributed by atoms with E-state index in [4.69, 9.17) is 0 Å². The molecule has 0 aromatic carbocycles. The van der Waals surface area contributed by atoms with Gasteiger partial charge in [0.15, 0.2) is 0 Å². The molecule has 0 unspecified atom stereocenters. The van der Waals surface area contributed by atoms with Gasteiger partial charge in [-0.25, -0.2) is 4.79 Å². The van der Waals surface area contributed by atoms with E-state index in [2.05, 4.69) is 36.6 Å². The van der Waals surface area contributed by atoms with Gasteiger partial charge < -0.3 is 15.7 Å². The predicted octanol–water partition coefficient (Wildman–Crippen LogP) is 6.34. The Morgan fingerprint density at radius 1 is 0.963 bits per heavy atom. The monoisotopic (exact) mass is 376 g/mol. The van der Waals surface area contributed by atoms with Crippen LogP contribution >= 0.6 is 0 Å². The molecule has 0 atom stereocenters. The minimum absolute atomic E-state index is 0.107. The summed E-state index contributed by atoms with van der Waals surface area (Å²) in [6, 6.07) is -0.107. The highest BCUT2D eigenvalue weighted by Crippen LogP contribution is 2.20. The first-order valence-electron chi connectivity index (χ1n) is 10.3. The molecule has 0 saturated carbocycles. The average molecular weight is 377 g/mol. The van der Waals surface area contributed by atoms with Gasteiger partial charge >= 0.3 is 6.03 Å². The van der Waals surface area contributed by atoms with Gasteiger partial charge in [0.1, 0.15) is 5.76 Å². The molecule has 2 amide bonds. The Balaban J connectivity index is 4.03. The summed E-state index contributed by atoms with van der Waals surface area (Å²) in [5, 5.41) is 14.7. The molecule has 0 aromatic rings. The van der Waals surface area contributed by atoms with Crippen molar-refractivity contribution >= 4 is 6.03 Å². The minimum Gasteiger partial charge on any atom is -0.508 e. The molecular weight excluding hydrogens is 336 g/mol. The highest BCUT2D eigenvalue weighted by Gasteiger charge is 2.01. The number of carbonyl (C=O) groups excluding carboxylic acids is 1. The second-order valence-corrected chi connectivity index (χ2v) is 6.84. The van der Waals surface area contributed by atoms with Crippen LogP contribution in [0.2, 0.25) is 0 Å². The SMILES string of the molecule is C/C=C\C(CCCCNC(=O)NC)=C(/C)CCCCCC/C=C\C(O)=C/C. The van der Waals surface area contributed by atoms with Crippen molar-refractivity contribution < 1.29 is 9.90 Å². The van der Waals surface area contributed by atoms with Gasteiger partial charge in [-0.15, -0.1) is 0 Å². The third kappa shape index (κ3) is 14.8. The van der Waals surface area contributed by atoms with Crippen molar-refractivity contribution in [3.05, 3.63) is 47.3 Å². The molecule has 4 nitrogen and oxygen atoms in total. The van der Waals surface area contributed by atoms with Gasteiger partial charge in [0, 0.05) is 13.6 Å². The molecule has 0 radical (unpaired) electrons. The van der Waals surface area contributed by atoms with E-state index < -0.39 is 0 Å². The Kier molecular flexibility index (Phi) is 16.2. The van der Waals surface area contributed by atoms with Gasteiger partial charge in [-0.2, -0.15) is 0 Å². The Morgan fingerprint density at radius 3 is 2.33 bits per heavy atom. The van der Waals surface area contributed by atoms with E-state index in [1.165, 1.54) is 36.8 Å². The summed E-state index contributed by atoms with van der Waals surface area (Å²) in [6.07, 6.45) is 20.1. The molecule has 0 aliphatic heterocycles. The second kappa shape index (κ2) is 17.4. The first-order valence-corrected chi connectivity index (χ1v) is 10.3. The van der Waals surface area contributed by atoms with Crippen LogP contribution < -0.4 is 10.6 Å². The summed E-state index contributed by atoms with van der Waals surface area (Å²) >= 11 is 0. The number of aliphatic hydroxyl groups excluding tert-OH is 1. The summed E-state index contributed by atoms with van der Waals surface area (Å²) in [5.74, 6) is 0.344. The normalized spacial score (nSPS) is 13.3. The van der Waals surface area contributed by atoms with Crippen molar-refractivity contribution in [3.8, 4) is 0 Å². The number of amides is 2. The lowest BCUT2D eigenvalue weighted by Gasteiger charge is -2.10. The van der Waals surface area contributed by atoms with Crippen LogP contribution in [0.25, 0.3) is 0 Å². The van der Waals surface area contributed by atoms with E-state index in [9.17, 15) is 9.90 Å². The fraction of sp³-hybridized carbons (Fsp3) is 0.609. The number of rotatable bonds is 14. The van der Waals surface area contributed by atoms with Gasteiger partial charge in [0.2, 0.25) is 0 Å². The standard InChI is InChI=1S/C23H40N2O2/c1-5-15-21(17-13-14-19-25-23(27)24-4)20(3)16-11-9-7-8-10-12-18-22(26)6-2/h5-6,12,15,18,26H,7-11,13-14,16-17,19H2,1-4H3,(H2,24,25,27)/b15-5-,18-12-,21-20-,22-6+. The Labute approximate surface area is 166 Å². The molecule has 0 fully saturated rings. The van der Waals surface area contributed by atoms with Crippen LogP contribution in [0.15, 0.2) is 47.3 Å². The number of urea groups is 1. The molecular formula is C23H40N2O2. The lowest BCUT2D eigenvalue weighted by Crippen LogP contribution is -2.33. The number of carbonyl (C=O) groups is 1. The third-order valence-electron chi connectivity index (χ3n) is 4.56. The van der Waals surface area contributed by atoms with E-state index >= 15 is 0 Å². The second-order valence-electron chi connectivity index (χ2n) is 6.84. The fourth-order valence-electron chi connectivity index (χ4n) is 2.84. The van der Waals surface area contributed by atoms with E-state index in [0.29, 0.717) is 5.76 Å². The quantitative estimate of drug-likeness (QED) is 0.188. The molecule has 0 saturated heterocycles. The molecule has 4 heteroatoms. The summed E-state index contributed by atoms with van der Waals surface area (Å²) < 4.78 is 0. The van der Waals surface area contributed by atoms with E-state index in [0.717, 1.165) is 38.6 Å². The minimum atomic E-state index is -0.107. The lowest BCUT2D eigenvalue weighted by atomic mass is 9.98. The van der Waals surface area contributed by atoms with Crippen molar-refractivity contribution in [2.75, 3.05) is 13.6 Å². The van der Waals surface area contributed by atoms with Crippen molar-refractivity contribution in [1.82, 2.24) is 10.6 Å². The zero-order valence-electron chi connectivity index (χ0n) is 17.8. The molecule has 0 rings (SSSR count). The van der Waals surface area contributed by atoms with Gasteiger partial charge in [-0.05, 0) is 83.4 Å². The fourth-order valence-corrected chi connectivity index (χ4v) is 2.84. The topological polar surface area (TPSA) is 61.4 Å². The maximum absolute atomic E-state index is 11.1. The number of hydrogen-bond acceptors (Lipinski definition) is 2. The van der Waals surface area contributed by atoms with E-state index in [1.807, 2.05) is 13.0 Å². The van der Waals surface area contributed by atoms with Crippen molar-refractivity contribution in [2.45, 2.75) is 78.6 Å². The maximum atomic E-state index is 11.1. The molecule has 0 aliphatic carbocycles. The molecule has 0 spiro atoms. The first-order chi connectivity index (χ1) is 13.0. The van der Waals surface area contributed by atoms with Crippen LogP contribution in [0.3, 0.4) is 0 Å². The molecule has 3 N–H and O–H groups in total. The zero-order chi connectivity index (χ0) is 20.3. The molecule has 154 valence electrons. The van der Waals surface area contributed by atoms with Crippen LogP contribution in [-0.2, 0) is 0 Å². The highest BCUT2D eigenvalue weighted by atomic mass is 16.3. The molecule has 0 aliphatic rings. The van der Waals surface area contributed by atoms with Crippen LogP contribution in [0.4, 0.5) is 4.79 Å². The summed E-state index contributed by atoms with van der Waals surface area (Å²) in [6.45, 7) is 6.88. The Hall–Kier alpha value is -1.97. The first kappa shape index (κ1) is 25.0. The average Bonchev–Trinajstić information content (AvgIpc) is 2.68. The van der Waals surface area contributed by atoms with Crippen molar-refractivity contribution in [3.63, 3.8) is 0 Å². The third-order valence-corrected chi connectivity index (χ3v) is 4.56. The maximum Gasteiger partial charge on any atom is 0.314 e. The zero-order valence-corrected chi connectivity index (χ0v) is 17.8. The smallest absolute Gasteiger partial charge is 0.314 e. The van der Waals surface area contributed by atoms with Crippen molar-refractivity contribution in [1.29, 1.82) is 0 Å². The number of unbranched alkanes of at least 4 members (excludes halogenated alkanes) is 5. The Morgan fingerprint density at radius 2 is 1.67 bits per heavy atom. The predicted molar refractivity (Wildman–Crippen MR) is 117 cm³/mol. The van der Waals surface area contributed by atoms with Gasteiger partial charge in [0.05, 0.1) is 0 Å². The van der Waals surface area contributed by atoms with Gasteiger partial charge in [0.25, 0.3) is 0 Å². The molecule has 0 heterocycles. The largest absolute Gasteiger partial charge is 0.508 e. The van der Waals surface area contributed by atoms with E-state index in [1.54, 1.807) is 19.2 Å². The van der Waals surface area contributed by atoms with Crippen molar-refractivity contribution in [2.24, 2.45) is 0 Å². The summed E-state index contributed by atoms with van der Waals surface area (Å²) in [5.41, 5.74) is 2.94. The summed E-state index contributed by atoms with van der Waals surface area (Å²) in [7, 11) is 1.64. The van der Waals surface area contributed by atoms with Crippen LogP contribution in [0, 0.1) is 0 Å². The number of hydrogen-bond donors (Lipinski definition) is 3. The highest BCUT2D eigenvalue weighted by molar-refractivity contribution is 5.73. The number of nitrogens with one attached hydrogen (secondary N) is 2. The number of aliphatic hydroxyl groups is 1. The number of allylic oxidation sites excluding steroid dienone is 7. The van der Waals surface area contributed by atoms with Gasteiger partial charge in [-0.3, -0.25) is 0 Å². The Bertz CT molecular complexity index is 516. The van der Waals surface area contributed by atoms with E-state index in [-0.39, 0.29) is 6.03 Å². The summed E-state index contributed by atoms with van der Waals surface area (Å²) in [4.78, 5) is 11.1. The van der Waals surface area contributed by atoms with Crippen LogP contribution in [0.1, 0.15) is 78.6 Å².